The summed E-state index contributed by atoms with van der Waals surface area (Å²) in [6.07, 6.45) is 7.32. The van der Waals surface area contributed by atoms with Crippen molar-refractivity contribution in [1.82, 2.24) is 10.3 Å². The Kier molecular flexibility index (Phi) is 9.95. The van der Waals surface area contributed by atoms with E-state index in [1.54, 1.807) is 11.3 Å². The molecule has 0 saturated carbocycles. The van der Waals surface area contributed by atoms with Crippen molar-refractivity contribution in [3.63, 3.8) is 0 Å². The van der Waals surface area contributed by atoms with Crippen molar-refractivity contribution in [3.8, 4) is 0 Å². The normalized spacial score (nSPS) is 11.1. The molecule has 0 saturated heterocycles. The predicted octanol–water partition coefficient (Wildman–Crippen LogP) is 3.57. The van der Waals surface area contributed by atoms with Crippen LogP contribution in [0.2, 0.25) is 0 Å². The number of ether oxygens (including phenoxy) is 1. The molecule has 0 aliphatic heterocycles. The van der Waals surface area contributed by atoms with Gasteiger partial charge in [-0.1, -0.05) is 19.8 Å². The first-order valence-electron chi connectivity index (χ1n) is 7.52. The molecule has 0 fully saturated rings. The van der Waals surface area contributed by atoms with Crippen LogP contribution < -0.4 is 5.32 Å². The van der Waals surface area contributed by atoms with E-state index in [2.05, 4.69) is 24.1 Å². The highest BCUT2D eigenvalue weighted by atomic mass is 32.1. The summed E-state index contributed by atoms with van der Waals surface area (Å²) in [7, 11) is 0. The number of rotatable bonds is 12. The van der Waals surface area contributed by atoms with Gasteiger partial charge in [0, 0.05) is 17.9 Å². The van der Waals surface area contributed by atoms with Crippen LogP contribution in [0.3, 0.4) is 0 Å². The summed E-state index contributed by atoms with van der Waals surface area (Å²) in [5.74, 6) is 0. The van der Waals surface area contributed by atoms with Crippen molar-refractivity contribution in [1.29, 1.82) is 0 Å². The molecule has 0 radical (unpaired) electrons. The Labute approximate surface area is 121 Å². The van der Waals surface area contributed by atoms with Crippen molar-refractivity contribution >= 4 is 11.3 Å². The summed E-state index contributed by atoms with van der Waals surface area (Å²) in [5, 5.41) is 3.43. The Bertz CT molecular complexity index is 315. The van der Waals surface area contributed by atoms with Gasteiger partial charge >= 0.3 is 0 Å². The molecule has 0 spiro atoms. The Morgan fingerprint density at radius 1 is 1.16 bits per heavy atom. The predicted molar refractivity (Wildman–Crippen MR) is 83.0 cm³/mol. The van der Waals surface area contributed by atoms with Gasteiger partial charge in [-0.2, -0.15) is 0 Å². The molecule has 1 heterocycles. The van der Waals surface area contributed by atoms with Crippen LogP contribution in [0.15, 0.2) is 5.51 Å². The Morgan fingerprint density at radius 2 is 2.00 bits per heavy atom. The van der Waals surface area contributed by atoms with E-state index in [-0.39, 0.29) is 0 Å². The van der Waals surface area contributed by atoms with Gasteiger partial charge in [0.15, 0.2) is 0 Å². The summed E-state index contributed by atoms with van der Waals surface area (Å²) in [6, 6.07) is 0. The van der Waals surface area contributed by atoms with Gasteiger partial charge in [0.2, 0.25) is 0 Å². The third-order valence-electron chi connectivity index (χ3n) is 3.14. The van der Waals surface area contributed by atoms with Crippen molar-refractivity contribution < 1.29 is 4.74 Å². The van der Waals surface area contributed by atoms with Crippen LogP contribution in [-0.4, -0.2) is 31.3 Å². The number of thiazole rings is 1. The van der Waals surface area contributed by atoms with Crippen LogP contribution in [0.25, 0.3) is 0 Å². The van der Waals surface area contributed by atoms with E-state index in [1.165, 1.54) is 43.5 Å². The largest absolute Gasteiger partial charge is 0.381 e. The Balaban J connectivity index is 1.80. The van der Waals surface area contributed by atoms with Crippen LogP contribution >= 0.6 is 11.3 Å². The van der Waals surface area contributed by atoms with Crippen LogP contribution in [0.5, 0.6) is 0 Å². The Hall–Kier alpha value is -0.450. The lowest BCUT2D eigenvalue weighted by Crippen LogP contribution is -2.15. The lowest BCUT2D eigenvalue weighted by Gasteiger charge is -2.05. The molecule has 0 aromatic carbocycles. The summed E-state index contributed by atoms with van der Waals surface area (Å²) in [6.45, 7) is 8.33. The van der Waals surface area contributed by atoms with Gasteiger partial charge in [-0.15, -0.1) is 11.3 Å². The molecule has 0 aliphatic carbocycles. The fourth-order valence-corrected chi connectivity index (χ4v) is 2.71. The van der Waals surface area contributed by atoms with Crippen molar-refractivity contribution in [2.45, 2.75) is 52.4 Å². The molecule has 0 bridgehead atoms. The maximum absolute atomic E-state index is 5.67. The highest BCUT2D eigenvalue weighted by molar-refractivity contribution is 7.09. The lowest BCUT2D eigenvalue weighted by atomic mass is 10.2. The lowest BCUT2D eigenvalue weighted by molar-refractivity contribution is 0.133. The minimum Gasteiger partial charge on any atom is -0.381 e. The molecule has 110 valence electrons. The fraction of sp³-hybridized carbons (Fsp3) is 0.800. The van der Waals surface area contributed by atoms with Gasteiger partial charge in [-0.3, -0.25) is 0 Å². The number of unbranched alkanes of at least 4 members (excludes halogenated alkanes) is 3. The third kappa shape index (κ3) is 8.35. The van der Waals surface area contributed by atoms with E-state index < -0.39 is 0 Å². The summed E-state index contributed by atoms with van der Waals surface area (Å²) < 4.78 is 5.67. The minimum atomic E-state index is 0.834. The summed E-state index contributed by atoms with van der Waals surface area (Å²) in [4.78, 5) is 5.61. The highest BCUT2D eigenvalue weighted by Crippen LogP contribution is 2.12. The Morgan fingerprint density at radius 3 is 2.74 bits per heavy atom. The summed E-state index contributed by atoms with van der Waals surface area (Å²) >= 11 is 1.73. The molecule has 1 aromatic heterocycles. The van der Waals surface area contributed by atoms with Crippen molar-refractivity contribution in [2.75, 3.05) is 26.3 Å². The first-order chi connectivity index (χ1) is 9.34. The molecular weight excluding hydrogens is 256 g/mol. The standard InChI is InChI=1S/C15H28N2OS/c1-3-9-16-10-6-4-5-7-11-18-12-8-15-14(2)17-13-19-15/h13,16H,3-12H2,1-2H3. The van der Waals surface area contributed by atoms with Gasteiger partial charge in [0.1, 0.15) is 0 Å². The minimum absolute atomic E-state index is 0.834. The van der Waals surface area contributed by atoms with E-state index in [9.17, 15) is 0 Å². The smallest absolute Gasteiger partial charge is 0.0797 e. The summed E-state index contributed by atoms with van der Waals surface area (Å²) in [5.41, 5.74) is 3.07. The molecule has 1 N–H and O–H groups in total. The molecule has 0 amide bonds. The van der Waals surface area contributed by atoms with Crippen LogP contribution in [0.1, 0.15) is 49.6 Å². The average molecular weight is 284 g/mol. The fourth-order valence-electron chi connectivity index (χ4n) is 1.94. The average Bonchev–Trinajstić information content (AvgIpc) is 2.82. The van der Waals surface area contributed by atoms with E-state index in [0.29, 0.717) is 0 Å². The second kappa shape index (κ2) is 11.4. The van der Waals surface area contributed by atoms with Crippen molar-refractivity contribution in [3.05, 3.63) is 16.1 Å². The SMILES string of the molecule is CCCNCCCCCCOCCc1scnc1C. The quantitative estimate of drug-likeness (QED) is 0.596. The van der Waals surface area contributed by atoms with Crippen LogP contribution in [-0.2, 0) is 11.2 Å². The van der Waals surface area contributed by atoms with E-state index in [4.69, 9.17) is 4.74 Å². The second-order valence-corrected chi connectivity index (χ2v) is 5.83. The second-order valence-electron chi connectivity index (χ2n) is 4.89. The van der Waals surface area contributed by atoms with Gasteiger partial charge in [-0.05, 0) is 39.3 Å². The molecule has 1 rings (SSSR count). The topological polar surface area (TPSA) is 34.1 Å². The van der Waals surface area contributed by atoms with Crippen LogP contribution in [0.4, 0.5) is 0 Å². The van der Waals surface area contributed by atoms with Gasteiger partial charge in [0.05, 0.1) is 17.8 Å². The highest BCUT2D eigenvalue weighted by Gasteiger charge is 2.00. The van der Waals surface area contributed by atoms with Crippen LogP contribution in [0, 0.1) is 6.92 Å². The monoisotopic (exact) mass is 284 g/mol. The van der Waals surface area contributed by atoms with E-state index >= 15 is 0 Å². The zero-order chi connectivity index (χ0) is 13.8. The number of hydrogen-bond donors (Lipinski definition) is 1. The van der Waals surface area contributed by atoms with E-state index in [1.807, 2.05) is 5.51 Å². The first kappa shape index (κ1) is 16.6. The van der Waals surface area contributed by atoms with Crippen molar-refractivity contribution in [2.24, 2.45) is 0 Å². The molecule has 0 unspecified atom stereocenters. The number of hydrogen-bond acceptors (Lipinski definition) is 4. The molecule has 19 heavy (non-hydrogen) atoms. The van der Waals surface area contributed by atoms with Gasteiger partial charge in [-0.25, -0.2) is 4.98 Å². The molecule has 3 nitrogen and oxygen atoms in total. The number of aryl methyl sites for hydroxylation is 1. The molecule has 1 aromatic rings. The zero-order valence-corrected chi connectivity index (χ0v) is 13.2. The molecular formula is C15H28N2OS. The first-order valence-corrected chi connectivity index (χ1v) is 8.40. The third-order valence-corrected chi connectivity index (χ3v) is 4.13. The van der Waals surface area contributed by atoms with Gasteiger partial charge < -0.3 is 10.1 Å². The number of aromatic nitrogens is 1. The molecule has 0 aliphatic rings. The number of nitrogens with one attached hydrogen (secondary N) is 1. The maximum Gasteiger partial charge on any atom is 0.0797 e. The van der Waals surface area contributed by atoms with Gasteiger partial charge in [0.25, 0.3) is 0 Å². The molecule has 4 heteroatoms. The number of nitrogens with zero attached hydrogens (tertiary/aromatic N) is 1. The zero-order valence-electron chi connectivity index (χ0n) is 12.4. The molecule has 0 atom stereocenters. The van der Waals surface area contributed by atoms with E-state index in [0.717, 1.165) is 31.9 Å². The maximum atomic E-state index is 5.67.